The molecule has 1 fully saturated rings. The summed E-state index contributed by atoms with van der Waals surface area (Å²) in [4.78, 5) is 20.4. The molecule has 0 saturated carbocycles. The number of carbonyl (C=O) groups excluding carboxylic acids is 1. The van der Waals surface area contributed by atoms with E-state index in [1.54, 1.807) is 18.3 Å². The Kier molecular flexibility index (Phi) is 3.94. The first-order valence-corrected chi connectivity index (χ1v) is 8.99. The minimum absolute atomic E-state index is 0.167. The van der Waals surface area contributed by atoms with Gasteiger partial charge < -0.3 is 9.80 Å². The number of fused-ring (bicyclic) bond motifs is 1. The molecule has 0 unspecified atom stereocenters. The summed E-state index contributed by atoms with van der Waals surface area (Å²) in [6.45, 7) is 5.02. The largest absolute Gasteiger partial charge is 0.368 e. The fraction of sp³-hybridized carbons (Fsp3) is 0.263. The van der Waals surface area contributed by atoms with E-state index < -0.39 is 0 Å². The number of anilines is 1. The monoisotopic (exact) mass is 337 g/mol. The van der Waals surface area contributed by atoms with Crippen molar-refractivity contribution in [2.75, 3.05) is 31.1 Å². The molecule has 4 nitrogen and oxygen atoms in total. The maximum absolute atomic E-state index is 11.4. The van der Waals surface area contributed by atoms with Gasteiger partial charge in [-0.25, -0.2) is 4.98 Å². The molecule has 4 rings (SSSR count). The third kappa shape index (κ3) is 2.87. The van der Waals surface area contributed by atoms with E-state index in [1.807, 2.05) is 17.0 Å². The molecule has 1 saturated heterocycles. The molecule has 0 radical (unpaired) electrons. The molecule has 122 valence electrons. The Morgan fingerprint density at radius 3 is 2.38 bits per heavy atom. The molecule has 0 spiro atoms. The normalized spacial score (nSPS) is 15.0. The van der Waals surface area contributed by atoms with Crippen molar-refractivity contribution in [3.05, 3.63) is 48.5 Å². The number of aromatic nitrogens is 1. The lowest BCUT2D eigenvalue weighted by molar-refractivity contribution is -0.129. The summed E-state index contributed by atoms with van der Waals surface area (Å²) in [6, 6.07) is 16.8. The van der Waals surface area contributed by atoms with Gasteiger partial charge in [0.05, 0.1) is 10.2 Å². The molecule has 1 aliphatic rings. The number of hydrogen-bond acceptors (Lipinski definition) is 4. The van der Waals surface area contributed by atoms with Gasteiger partial charge in [0.1, 0.15) is 5.01 Å². The van der Waals surface area contributed by atoms with E-state index in [-0.39, 0.29) is 5.91 Å². The number of carbonyl (C=O) groups is 1. The Morgan fingerprint density at radius 2 is 1.71 bits per heavy atom. The first-order chi connectivity index (χ1) is 11.7. The van der Waals surface area contributed by atoms with Gasteiger partial charge in [-0.2, -0.15) is 0 Å². The predicted molar refractivity (Wildman–Crippen MR) is 99.5 cm³/mol. The number of para-hydroxylation sites is 1. The molecule has 0 N–H and O–H groups in total. The predicted octanol–water partition coefficient (Wildman–Crippen LogP) is 3.63. The minimum atomic E-state index is 0.167. The van der Waals surface area contributed by atoms with Crippen molar-refractivity contribution < 1.29 is 4.79 Å². The first kappa shape index (κ1) is 15.1. The van der Waals surface area contributed by atoms with Gasteiger partial charge in [-0.15, -0.1) is 11.3 Å². The van der Waals surface area contributed by atoms with Gasteiger partial charge in [-0.05, 0) is 36.4 Å². The van der Waals surface area contributed by atoms with Crippen LogP contribution in [0.4, 0.5) is 5.69 Å². The summed E-state index contributed by atoms with van der Waals surface area (Å²) in [7, 11) is 0. The van der Waals surface area contributed by atoms with Gasteiger partial charge in [0.25, 0.3) is 0 Å². The molecule has 1 amide bonds. The Labute approximate surface area is 145 Å². The van der Waals surface area contributed by atoms with Crippen LogP contribution in [0.2, 0.25) is 0 Å². The summed E-state index contributed by atoms with van der Waals surface area (Å²) in [6.07, 6.45) is 0. The average Bonchev–Trinajstić information content (AvgIpc) is 3.06. The molecule has 2 aromatic carbocycles. The second kappa shape index (κ2) is 6.24. The Balaban J connectivity index is 1.51. The van der Waals surface area contributed by atoms with Crippen molar-refractivity contribution in [3.8, 4) is 10.6 Å². The van der Waals surface area contributed by atoms with Crippen LogP contribution in [0.1, 0.15) is 6.92 Å². The quantitative estimate of drug-likeness (QED) is 0.716. The van der Waals surface area contributed by atoms with E-state index in [0.717, 1.165) is 42.3 Å². The number of rotatable bonds is 2. The van der Waals surface area contributed by atoms with E-state index in [4.69, 9.17) is 4.98 Å². The maximum Gasteiger partial charge on any atom is 0.219 e. The molecular weight excluding hydrogens is 318 g/mol. The first-order valence-electron chi connectivity index (χ1n) is 8.17. The summed E-state index contributed by atoms with van der Waals surface area (Å²) in [5.41, 5.74) is 3.42. The average molecular weight is 337 g/mol. The highest BCUT2D eigenvalue weighted by molar-refractivity contribution is 7.21. The van der Waals surface area contributed by atoms with Crippen LogP contribution in [0.15, 0.2) is 48.5 Å². The van der Waals surface area contributed by atoms with Crippen LogP contribution >= 0.6 is 11.3 Å². The van der Waals surface area contributed by atoms with Crippen molar-refractivity contribution in [1.82, 2.24) is 9.88 Å². The van der Waals surface area contributed by atoms with Crippen molar-refractivity contribution in [2.24, 2.45) is 0 Å². The van der Waals surface area contributed by atoms with Gasteiger partial charge in [-0.3, -0.25) is 4.79 Å². The van der Waals surface area contributed by atoms with E-state index in [1.165, 1.54) is 10.4 Å². The maximum atomic E-state index is 11.4. The zero-order chi connectivity index (χ0) is 16.5. The Morgan fingerprint density at radius 1 is 1.00 bits per heavy atom. The highest BCUT2D eigenvalue weighted by Crippen LogP contribution is 2.31. The van der Waals surface area contributed by atoms with Crippen LogP contribution in [0.5, 0.6) is 0 Å². The summed E-state index contributed by atoms with van der Waals surface area (Å²) < 4.78 is 1.22. The SMILES string of the molecule is CC(=O)N1CCN(c2ccc(-c3nc4ccccc4s3)cc2)CC1. The zero-order valence-electron chi connectivity index (χ0n) is 13.6. The number of amides is 1. The van der Waals surface area contributed by atoms with Crippen LogP contribution in [-0.2, 0) is 4.79 Å². The molecule has 2 heterocycles. The van der Waals surface area contributed by atoms with E-state index in [2.05, 4.69) is 41.3 Å². The van der Waals surface area contributed by atoms with Gasteiger partial charge in [0, 0.05) is 44.4 Å². The molecule has 1 aliphatic heterocycles. The van der Waals surface area contributed by atoms with Crippen molar-refractivity contribution in [3.63, 3.8) is 0 Å². The molecule has 0 atom stereocenters. The van der Waals surface area contributed by atoms with Crippen molar-refractivity contribution >= 4 is 33.1 Å². The van der Waals surface area contributed by atoms with Crippen LogP contribution in [-0.4, -0.2) is 42.0 Å². The smallest absolute Gasteiger partial charge is 0.219 e. The molecule has 0 aliphatic carbocycles. The van der Waals surface area contributed by atoms with Gasteiger partial charge in [0.2, 0.25) is 5.91 Å². The number of benzene rings is 2. The molecule has 3 aromatic rings. The Bertz CT molecular complexity index is 831. The van der Waals surface area contributed by atoms with Crippen LogP contribution < -0.4 is 4.90 Å². The fourth-order valence-corrected chi connectivity index (χ4v) is 4.06. The van der Waals surface area contributed by atoms with Gasteiger partial charge in [0.15, 0.2) is 0 Å². The lowest BCUT2D eigenvalue weighted by Crippen LogP contribution is -2.48. The second-order valence-corrected chi connectivity index (χ2v) is 7.06. The number of thiazole rings is 1. The van der Waals surface area contributed by atoms with Crippen molar-refractivity contribution in [1.29, 1.82) is 0 Å². The van der Waals surface area contributed by atoms with E-state index in [0.29, 0.717) is 0 Å². The lowest BCUT2D eigenvalue weighted by Gasteiger charge is -2.35. The van der Waals surface area contributed by atoms with E-state index >= 15 is 0 Å². The topological polar surface area (TPSA) is 36.4 Å². The minimum Gasteiger partial charge on any atom is -0.368 e. The highest BCUT2D eigenvalue weighted by Gasteiger charge is 2.18. The van der Waals surface area contributed by atoms with Crippen LogP contribution in [0.3, 0.4) is 0 Å². The number of nitrogens with zero attached hydrogens (tertiary/aromatic N) is 3. The number of hydrogen-bond donors (Lipinski definition) is 0. The zero-order valence-corrected chi connectivity index (χ0v) is 14.4. The fourth-order valence-electron chi connectivity index (χ4n) is 3.09. The molecular formula is C19H19N3OS. The second-order valence-electron chi connectivity index (χ2n) is 6.03. The third-order valence-corrected chi connectivity index (χ3v) is 5.58. The van der Waals surface area contributed by atoms with Gasteiger partial charge in [-0.1, -0.05) is 12.1 Å². The molecule has 5 heteroatoms. The number of piperazine rings is 1. The van der Waals surface area contributed by atoms with Crippen LogP contribution in [0, 0.1) is 0 Å². The molecule has 24 heavy (non-hydrogen) atoms. The summed E-state index contributed by atoms with van der Waals surface area (Å²) >= 11 is 1.73. The third-order valence-electron chi connectivity index (χ3n) is 4.50. The molecule has 0 bridgehead atoms. The lowest BCUT2D eigenvalue weighted by atomic mass is 10.2. The summed E-state index contributed by atoms with van der Waals surface area (Å²) in [5.74, 6) is 0.167. The van der Waals surface area contributed by atoms with Crippen LogP contribution in [0.25, 0.3) is 20.8 Å². The molecule has 1 aromatic heterocycles. The standard InChI is InChI=1S/C19H19N3OS/c1-14(23)21-10-12-22(13-11-21)16-8-6-15(7-9-16)19-20-17-4-2-3-5-18(17)24-19/h2-9H,10-13H2,1H3. The van der Waals surface area contributed by atoms with Gasteiger partial charge >= 0.3 is 0 Å². The Hall–Kier alpha value is -2.40. The van der Waals surface area contributed by atoms with Crippen molar-refractivity contribution in [2.45, 2.75) is 6.92 Å². The highest BCUT2D eigenvalue weighted by atomic mass is 32.1. The summed E-state index contributed by atoms with van der Waals surface area (Å²) in [5, 5.41) is 1.06. The van der Waals surface area contributed by atoms with E-state index in [9.17, 15) is 4.79 Å².